The van der Waals surface area contributed by atoms with Gasteiger partial charge < -0.3 is 14.8 Å². The van der Waals surface area contributed by atoms with E-state index in [1.54, 1.807) is 7.11 Å². The van der Waals surface area contributed by atoms with Crippen LogP contribution in [-0.4, -0.2) is 33.0 Å². The van der Waals surface area contributed by atoms with Gasteiger partial charge in [0.1, 0.15) is 0 Å². The van der Waals surface area contributed by atoms with Crippen molar-refractivity contribution in [1.82, 2.24) is 5.32 Å². The fraction of sp³-hybridized carbons (Fsp3) is 0.667. The number of ether oxygens (including phenoxy) is 2. The van der Waals surface area contributed by atoms with E-state index in [0.29, 0.717) is 12.2 Å². The zero-order valence-corrected chi connectivity index (χ0v) is 13.8. The van der Waals surface area contributed by atoms with Gasteiger partial charge in [-0.2, -0.15) is 0 Å². The SMILES string of the molecule is CNC(COC1CCCC(OC)C1)c1cc(C)cc(C)c1. The van der Waals surface area contributed by atoms with E-state index in [0.717, 1.165) is 19.4 Å². The minimum atomic E-state index is 0.256. The van der Waals surface area contributed by atoms with Crippen molar-refractivity contribution in [3.8, 4) is 0 Å². The molecule has 0 heterocycles. The van der Waals surface area contributed by atoms with Crippen LogP contribution < -0.4 is 5.32 Å². The molecule has 3 atom stereocenters. The minimum absolute atomic E-state index is 0.256. The van der Waals surface area contributed by atoms with Crippen molar-refractivity contribution < 1.29 is 9.47 Å². The van der Waals surface area contributed by atoms with Gasteiger partial charge in [0, 0.05) is 7.11 Å². The monoisotopic (exact) mass is 291 g/mol. The minimum Gasteiger partial charge on any atom is -0.381 e. The summed E-state index contributed by atoms with van der Waals surface area (Å²) in [6.07, 6.45) is 5.27. The average molecular weight is 291 g/mol. The Morgan fingerprint density at radius 2 is 1.81 bits per heavy atom. The molecule has 3 nitrogen and oxygen atoms in total. The van der Waals surface area contributed by atoms with E-state index in [9.17, 15) is 0 Å². The Hall–Kier alpha value is -0.900. The molecular formula is C18H29NO2. The average Bonchev–Trinajstić information content (AvgIpc) is 2.47. The third-order valence-electron chi connectivity index (χ3n) is 4.40. The molecule has 0 aliphatic heterocycles. The van der Waals surface area contributed by atoms with E-state index in [2.05, 4.69) is 37.4 Å². The molecule has 1 N–H and O–H groups in total. The number of likely N-dealkylation sites (N-methyl/N-ethyl adjacent to an activating group) is 1. The van der Waals surface area contributed by atoms with Gasteiger partial charge in [-0.25, -0.2) is 0 Å². The first kappa shape index (κ1) is 16.5. The number of benzene rings is 1. The second-order valence-electron chi connectivity index (χ2n) is 6.24. The summed E-state index contributed by atoms with van der Waals surface area (Å²) >= 11 is 0. The molecule has 3 heteroatoms. The molecule has 0 bridgehead atoms. The molecule has 118 valence electrons. The van der Waals surface area contributed by atoms with Crippen molar-refractivity contribution >= 4 is 0 Å². The predicted molar refractivity (Wildman–Crippen MR) is 86.7 cm³/mol. The molecule has 1 fully saturated rings. The lowest BCUT2D eigenvalue weighted by molar-refractivity contribution is -0.0352. The quantitative estimate of drug-likeness (QED) is 0.869. The van der Waals surface area contributed by atoms with Gasteiger partial charge >= 0.3 is 0 Å². The topological polar surface area (TPSA) is 30.5 Å². The Morgan fingerprint density at radius 3 is 2.43 bits per heavy atom. The maximum atomic E-state index is 6.16. The highest BCUT2D eigenvalue weighted by Crippen LogP contribution is 2.25. The lowest BCUT2D eigenvalue weighted by Gasteiger charge is -2.29. The first-order valence-corrected chi connectivity index (χ1v) is 8.02. The summed E-state index contributed by atoms with van der Waals surface area (Å²) < 4.78 is 11.6. The van der Waals surface area contributed by atoms with Crippen LogP contribution in [-0.2, 0) is 9.47 Å². The third-order valence-corrected chi connectivity index (χ3v) is 4.40. The second kappa shape index (κ2) is 7.92. The van der Waals surface area contributed by atoms with E-state index >= 15 is 0 Å². The Morgan fingerprint density at radius 1 is 1.14 bits per heavy atom. The van der Waals surface area contributed by atoms with Crippen LogP contribution >= 0.6 is 0 Å². The summed E-state index contributed by atoms with van der Waals surface area (Å²) in [4.78, 5) is 0. The number of hydrogen-bond donors (Lipinski definition) is 1. The Kier molecular flexibility index (Phi) is 6.22. The molecule has 0 saturated heterocycles. The van der Waals surface area contributed by atoms with Crippen LogP contribution in [0.3, 0.4) is 0 Å². The Bertz CT molecular complexity index is 427. The summed E-state index contributed by atoms with van der Waals surface area (Å²) in [6.45, 7) is 5.02. The van der Waals surface area contributed by atoms with E-state index in [4.69, 9.17) is 9.47 Å². The van der Waals surface area contributed by atoms with Crippen LogP contribution in [0, 0.1) is 13.8 Å². The standard InChI is InChI=1S/C18H29NO2/c1-13-8-14(2)10-15(9-13)18(19-3)12-21-17-7-5-6-16(11-17)20-4/h8-10,16-19H,5-7,11-12H2,1-4H3. The van der Waals surface area contributed by atoms with Gasteiger partial charge in [0.15, 0.2) is 0 Å². The van der Waals surface area contributed by atoms with Gasteiger partial charge in [0.2, 0.25) is 0 Å². The van der Waals surface area contributed by atoms with Crippen LogP contribution in [0.1, 0.15) is 48.4 Å². The van der Waals surface area contributed by atoms with Crippen molar-refractivity contribution in [2.24, 2.45) is 0 Å². The number of rotatable bonds is 6. The smallest absolute Gasteiger partial charge is 0.0665 e. The molecule has 0 aromatic heterocycles. The summed E-state index contributed by atoms with van der Waals surface area (Å²) in [5.74, 6) is 0. The van der Waals surface area contributed by atoms with Crippen molar-refractivity contribution in [2.75, 3.05) is 20.8 Å². The lowest BCUT2D eigenvalue weighted by Crippen LogP contribution is -2.31. The Balaban J connectivity index is 1.93. The fourth-order valence-electron chi connectivity index (χ4n) is 3.26. The van der Waals surface area contributed by atoms with E-state index in [-0.39, 0.29) is 6.04 Å². The zero-order chi connectivity index (χ0) is 15.2. The van der Waals surface area contributed by atoms with Crippen molar-refractivity contribution in [3.63, 3.8) is 0 Å². The van der Waals surface area contributed by atoms with Crippen LogP contribution in [0.2, 0.25) is 0 Å². The van der Waals surface area contributed by atoms with Crippen LogP contribution in [0.15, 0.2) is 18.2 Å². The third kappa shape index (κ3) is 4.80. The molecule has 0 spiro atoms. The van der Waals surface area contributed by atoms with Crippen molar-refractivity contribution in [3.05, 3.63) is 34.9 Å². The van der Waals surface area contributed by atoms with Crippen LogP contribution in [0.25, 0.3) is 0 Å². The van der Waals surface area contributed by atoms with E-state index in [1.165, 1.54) is 29.5 Å². The summed E-state index contributed by atoms with van der Waals surface area (Å²) in [6, 6.07) is 6.96. The summed E-state index contributed by atoms with van der Waals surface area (Å²) in [5.41, 5.74) is 3.93. The molecule has 1 aromatic carbocycles. The molecule has 1 aromatic rings. The number of aryl methyl sites for hydroxylation is 2. The number of nitrogens with one attached hydrogen (secondary N) is 1. The molecule has 1 saturated carbocycles. The molecular weight excluding hydrogens is 262 g/mol. The maximum absolute atomic E-state index is 6.16. The number of hydrogen-bond acceptors (Lipinski definition) is 3. The molecule has 0 radical (unpaired) electrons. The van der Waals surface area contributed by atoms with Crippen molar-refractivity contribution in [1.29, 1.82) is 0 Å². The number of methoxy groups -OCH3 is 1. The van der Waals surface area contributed by atoms with E-state index < -0.39 is 0 Å². The van der Waals surface area contributed by atoms with Gasteiger partial charge in [0.25, 0.3) is 0 Å². The van der Waals surface area contributed by atoms with Gasteiger partial charge in [-0.05, 0) is 52.1 Å². The first-order chi connectivity index (χ1) is 10.1. The first-order valence-electron chi connectivity index (χ1n) is 8.02. The van der Waals surface area contributed by atoms with Crippen LogP contribution in [0.4, 0.5) is 0 Å². The van der Waals surface area contributed by atoms with Crippen LogP contribution in [0.5, 0.6) is 0 Å². The molecule has 21 heavy (non-hydrogen) atoms. The zero-order valence-electron chi connectivity index (χ0n) is 13.8. The van der Waals surface area contributed by atoms with E-state index in [1.807, 2.05) is 7.05 Å². The predicted octanol–water partition coefficient (Wildman–Crippen LogP) is 3.54. The van der Waals surface area contributed by atoms with Gasteiger partial charge in [-0.3, -0.25) is 0 Å². The van der Waals surface area contributed by atoms with Gasteiger partial charge in [-0.15, -0.1) is 0 Å². The summed E-state index contributed by atoms with van der Waals surface area (Å²) in [5, 5.41) is 3.38. The van der Waals surface area contributed by atoms with Crippen molar-refractivity contribution in [2.45, 2.75) is 57.8 Å². The molecule has 2 rings (SSSR count). The fourth-order valence-corrected chi connectivity index (χ4v) is 3.26. The lowest BCUT2D eigenvalue weighted by atomic mass is 9.94. The largest absolute Gasteiger partial charge is 0.381 e. The maximum Gasteiger partial charge on any atom is 0.0665 e. The highest BCUT2D eigenvalue weighted by atomic mass is 16.5. The molecule has 3 unspecified atom stereocenters. The molecule has 1 aliphatic carbocycles. The normalized spacial score (nSPS) is 24.0. The summed E-state index contributed by atoms with van der Waals surface area (Å²) in [7, 11) is 3.81. The highest BCUT2D eigenvalue weighted by Gasteiger charge is 2.23. The highest BCUT2D eigenvalue weighted by molar-refractivity contribution is 5.30. The molecule has 0 amide bonds. The second-order valence-corrected chi connectivity index (χ2v) is 6.24. The Labute approximate surface area is 129 Å². The van der Waals surface area contributed by atoms with Gasteiger partial charge in [-0.1, -0.05) is 29.3 Å². The van der Waals surface area contributed by atoms with Gasteiger partial charge in [0.05, 0.1) is 24.9 Å². The molecule has 1 aliphatic rings.